The lowest BCUT2D eigenvalue weighted by Crippen LogP contribution is -2.29. The maximum absolute atomic E-state index is 14.4. The Balaban J connectivity index is 2.03. The largest absolute Gasteiger partial charge is 0.444 e. The monoisotopic (exact) mass is 408 g/mol. The van der Waals surface area contributed by atoms with Crippen molar-refractivity contribution in [3.8, 4) is 11.4 Å². The molecule has 0 bridgehead atoms. The van der Waals surface area contributed by atoms with Crippen LogP contribution in [0.2, 0.25) is 0 Å². The number of anilines is 1. The third-order valence-corrected chi connectivity index (χ3v) is 4.59. The molecule has 2 heterocycles. The van der Waals surface area contributed by atoms with Crippen molar-refractivity contribution in [2.75, 3.05) is 5.32 Å². The van der Waals surface area contributed by atoms with Crippen molar-refractivity contribution in [2.24, 2.45) is 0 Å². The molecule has 1 saturated carbocycles. The standard InChI is InChI=1S/C20H23F3N4O2/c1-19(2,3)29-18(28)27-17-14(12-6-8-20(22,23)9-7-12)25-11-26-16(17)15-13(21)5-4-10-24-15/h4-5,10-12H,6-9H2,1-3H3,(H,27,28). The molecule has 0 spiro atoms. The van der Waals surface area contributed by atoms with E-state index in [0.717, 1.165) is 0 Å². The number of amides is 1. The highest BCUT2D eigenvalue weighted by Crippen LogP contribution is 2.43. The van der Waals surface area contributed by atoms with Gasteiger partial charge in [0.15, 0.2) is 5.82 Å². The van der Waals surface area contributed by atoms with Crippen molar-refractivity contribution in [1.82, 2.24) is 15.0 Å². The molecule has 0 unspecified atom stereocenters. The zero-order chi connectivity index (χ0) is 21.2. The lowest BCUT2D eigenvalue weighted by molar-refractivity contribution is -0.0384. The Morgan fingerprint density at radius 2 is 1.86 bits per heavy atom. The summed E-state index contributed by atoms with van der Waals surface area (Å²) < 4.78 is 46.9. The van der Waals surface area contributed by atoms with E-state index in [9.17, 15) is 18.0 Å². The van der Waals surface area contributed by atoms with Gasteiger partial charge in [0, 0.05) is 25.0 Å². The van der Waals surface area contributed by atoms with Gasteiger partial charge in [0.1, 0.15) is 23.3 Å². The molecule has 1 aliphatic carbocycles. The second-order valence-corrected chi connectivity index (χ2v) is 8.07. The summed E-state index contributed by atoms with van der Waals surface area (Å²) in [5, 5.41) is 2.60. The fourth-order valence-electron chi connectivity index (χ4n) is 3.29. The Labute approximate surface area is 166 Å². The first-order chi connectivity index (χ1) is 13.6. The smallest absolute Gasteiger partial charge is 0.412 e. The zero-order valence-corrected chi connectivity index (χ0v) is 16.5. The molecule has 1 fully saturated rings. The van der Waals surface area contributed by atoms with Crippen LogP contribution in [0.25, 0.3) is 11.4 Å². The number of nitrogens with zero attached hydrogens (tertiary/aromatic N) is 3. The van der Waals surface area contributed by atoms with Gasteiger partial charge in [0.05, 0.1) is 11.4 Å². The van der Waals surface area contributed by atoms with E-state index in [0.29, 0.717) is 5.69 Å². The van der Waals surface area contributed by atoms with Crippen LogP contribution in [-0.2, 0) is 4.74 Å². The molecular formula is C20H23F3N4O2. The first-order valence-electron chi connectivity index (χ1n) is 9.39. The van der Waals surface area contributed by atoms with Crippen LogP contribution in [0.3, 0.4) is 0 Å². The quantitative estimate of drug-likeness (QED) is 0.744. The summed E-state index contributed by atoms with van der Waals surface area (Å²) in [5.74, 6) is -3.66. The van der Waals surface area contributed by atoms with Crippen molar-refractivity contribution in [3.05, 3.63) is 36.2 Å². The van der Waals surface area contributed by atoms with Gasteiger partial charge in [-0.2, -0.15) is 0 Å². The number of aromatic nitrogens is 3. The summed E-state index contributed by atoms with van der Waals surface area (Å²) >= 11 is 0. The number of carbonyl (C=O) groups is 1. The average Bonchev–Trinajstić information content (AvgIpc) is 2.61. The minimum atomic E-state index is -2.71. The number of hydrogen-bond acceptors (Lipinski definition) is 5. The number of rotatable bonds is 3. The summed E-state index contributed by atoms with van der Waals surface area (Å²) in [4.78, 5) is 24.8. The van der Waals surface area contributed by atoms with Gasteiger partial charge in [-0.05, 0) is 45.7 Å². The van der Waals surface area contributed by atoms with E-state index in [1.165, 1.54) is 24.7 Å². The summed E-state index contributed by atoms with van der Waals surface area (Å²) in [6.07, 6.45) is 1.69. The molecule has 0 radical (unpaired) electrons. The molecule has 0 aliphatic heterocycles. The average molecular weight is 408 g/mol. The van der Waals surface area contributed by atoms with Crippen molar-refractivity contribution in [3.63, 3.8) is 0 Å². The Hall–Kier alpha value is -2.71. The SMILES string of the molecule is CC(C)(C)OC(=O)Nc1c(-c2ncccc2F)ncnc1C1CCC(F)(F)CC1. The molecular weight excluding hydrogens is 385 g/mol. The van der Waals surface area contributed by atoms with Gasteiger partial charge in [-0.15, -0.1) is 0 Å². The van der Waals surface area contributed by atoms with E-state index < -0.39 is 23.4 Å². The molecule has 2 aromatic heterocycles. The normalized spacial score (nSPS) is 17.0. The third-order valence-electron chi connectivity index (χ3n) is 4.59. The molecule has 1 N–H and O–H groups in total. The third kappa shape index (κ3) is 5.21. The molecule has 156 valence electrons. The predicted molar refractivity (Wildman–Crippen MR) is 101 cm³/mol. The van der Waals surface area contributed by atoms with Gasteiger partial charge < -0.3 is 4.74 Å². The fraction of sp³-hybridized carbons (Fsp3) is 0.500. The van der Waals surface area contributed by atoms with E-state index in [2.05, 4.69) is 20.3 Å². The maximum atomic E-state index is 14.4. The van der Waals surface area contributed by atoms with Gasteiger partial charge in [-0.3, -0.25) is 10.3 Å². The summed E-state index contributed by atoms with van der Waals surface area (Å²) in [7, 11) is 0. The summed E-state index contributed by atoms with van der Waals surface area (Å²) in [6.45, 7) is 5.12. The molecule has 29 heavy (non-hydrogen) atoms. The van der Waals surface area contributed by atoms with Crippen LogP contribution in [0.5, 0.6) is 0 Å². The second-order valence-electron chi connectivity index (χ2n) is 8.07. The zero-order valence-electron chi connectivity index (χ0n) is 16.5. The van der Waals surface area contributed by atoms with E-state index in [-0.39, 0.29) is 48.7 Å². The lowest BCUT2D eigenvalue weighted by atomic mass is 9.83. The van der Waals surface area contributed by atoms with Crippen LogP contribution in [-0.4, -0.2) is 32.6 Å². The van der Waals surface area contributed by atoms with Crippen LogP contribution >= 0.6 is 0 Å². The number of nitrogens with one attached hydrogen (secondary N) is 1. The van der Waals surface area contributed by atoms with Crippen LogP contribution < -0.4 is 5.32 Å². The van der Waals surface area contributed by atoms with Crippen molar-refractivity contribution >= 4 is 11.8 Å². The Bertz CT molecular complexity index is 890. The van der Waals surface area contributed by atoms with Gasteiger partial charge in [-0.1, -0.05) is 0 Å². The highest BCUT2D eigenvalue weighted by Gasteiger charge is 2.37. The Morgan fingerprint density at radius 3 is 2.48 bits per heavy atom. The van der Waals surface area contributed by atoms with E-state index in [1.807, 2.05) is 0 Å². The molecule has 9 heteroatoms. The number of pyridine rings is 1. The molecule has 3 rings (SSSR count). The molecule has 0 saturated heterocycles. The summed E-state index contributed by atoms with van der Waals surface area (Å²) in [6, 6.07) is 2.66. The van der Waals surface area contributed by atoms with Crippen LogP contribution in [0.1, 0.15) is 58.1 Å². The molecule has 0 atom stereocenters. The minimum Gasteiger partial charge on any atom is -0.444 e. The minimum absolute atomic E-state index is 0.0663. The number of halogens is 3. The van der Waals surface area contributed by atoms with E-state index >= 15 is 0 Å². The number of alkyl halides is 2. The Kier molecular flexibility index (Phi) is 5.77. The van der Waals surface area contributed by atoms with Crippen molar-refractivity contribution in [1.29, 1.82) is 0 Å². The van der Waals surface area contributed by atoms with Crippen LogP contribution in [0.4, 0.5) is 23.7 Å². The van der Waals surface area contributed by atoms with Crippen molar-refractivity contribution < 1.29 is 22.7 Å². The predicted octanol–water partition coefficient (Wildman–Crippen LogP) is 5.32. The second kappa shape index (κ2) is 7.96. The van der Waals surface area contributed by atoms with Crippen molar-refractivity contribution in [2.45, 2.75) is 63.9 Å². The first kappa shape index (κ1) is 21.0. The van der Waals surface area contributed by atoms with Crippen LogP contribution in [0, 0.1) is 5.82 Å². The van der Waals surface area contributed by atoms with E-state index in [1.54, 1.807) is 20.8 Å². The summed E-state index contributed by atoms with van der Waals surface area (Å²) in [5.41, 5.74) is -0.237. The fourth-order valence-corrected chi connectivity index (χ4v) is 3.29. The van der Waals surface area contributed by atoms with E-state index in [4.69, 9.17) is 4.74 Å². The molecule has 2 aromatic rings. The lowest BCUT2D eigenvalue weighted by Gasteiger charge is -2.29. The van der Waals surface area contributed by atoms with Gasteiger partial charge in [-0.25, -0.2) is 27.9 Å². The Morgan fingerprint density at radius 1 is 1.17 bits per heavy atom. The molecule has 1 aliphatic rings. The van der Waals surface area contributed by atoms with Gasteiger partial charge in [0.2, 0.25) is 5.92 Å². The number of carbonyl (C=O) groups excluding carboxylic acids is 1. The number of hydrogen-bond donors (Lipinski definition) is 1. The highest BCUT2D eigenvalue weighted by molar-refractivity contribution is 5.91. The molecule has 6 nitrogen and oxygen atoms in total. The highest BCUT2D eigenvalue weighted by atomic mass is 19.3. The topological polar surface area (TPSA) is 77.0 Å². The van der Waals surface area contributed by atoms with Gasteiger partial charge in [0.25, 0.3) is 0 Å². The van der Waals surface area contributed by atoms with Crippen LogP contribution in [0.15, 0.2) is 24.7 Å². The number of ether oxygens (including phenoxy) is 1. The molecule has 1 amide bonds. The van der Waals surface area contributed by atoms with Gasteiger partial charge >= 0.3 is 6.09 Å². The first-order valence-corrected chi connectivity index (χ1v) is 9.39. The maximum Gasteiger partial charge on any atom is 0.412 e. The molecule has 0 aromatic carbocycles.